The second-order valence-corrected chi connectivity index (χ2v) is 6.01. The number of amides is 2. The number of thioether (sulfide) groups is 1. The Kier molecular flexibility index (Phi) is 5.51. The third-order valence-electron chi connectivity index (χ3n) is 3.17. The van der Waals surface area contributed by atoms with Crippen molar-refractivity contribution in [1.82, 2.24) is 10.2 Å². The zero-order chi connectivity index (χ0) is 16.1. The van der Waals surface area contributed by atoms with Gasteiger partial charge >= 0.3 is 0 Å². The molecule has 7 nitrogen and oxygen atoms in total. The van der Waals surface area contributed by atoms with Gasteiger partial charge in [-0.25, -0.2) is 9.98 Å². The zero-order valence-electron chi connectivity index (χ0n) is 12.4. The van der Waals surface area contributed by atoms with E-state index in [9.17, 15) is 9.59 Å². The molecule has 0 aromatic rings. The molecule has 2 aliphatic heterocycles. The predicted octanol–water partition coefficient (Wildman–Crippen LogP) is 1.24. The lowest BCUT2D eigenvalue weighted by Crippen LogP contribution is -2.45. The number of hydrogen-bond acceptors (Lipinski definition) is 5. The van der Waals surface area contributed by atoms with Gasteiger partial charge in [0.05, 0.1) is 10.6 Å². The number of aliphatic imine (C=N–C) groups is 2. The minimum Gasteiger partial charge on any atom is -0.339 e. The van der Waals surface area contributed by atoms with E-state index in [1.54, 1.807) is 13.1 Å². The van der Waals surface area contributed by atoms with Gasteiger partial charge in [-0.1, -0.05) is 6.58 Å². The van der Waals surface area contributed by atoms with Crippen molar-refractivity contribution in [2.75, 3.05) is 13.1 Å². The molecular weight excluding hydrogens is 302 g/mol. The molecule has 0 saturated carbocycles. The van der Waals surface area contributed by atoms with E-state index in [-0.39, 0.29) is 16.2 Å². The van der Waals surface area contributed by atoms with E-state index >= 15 is 0 Å². The number of rotatable bonds is 2. The molecule has 1 unspecified atom stereocenters. The molecule has 0 spiro atoms. The molecule has 2 rings (SSSR count). The quantitative estimate of drug-likeness (QED) is 0.453. The first-order valence-corrected chi connectivity index (χ1v) is 7.83. The molecule has 2 aliphatic rings. The van der Waals surface area contributed by atoms with E-state index in [0.29, 0.717) is 18.2 Å². The standard InChI is InChI=1S/C14H19N5O2S/c1-3-16-13(19-6-4-5-10(15)8-19)17-9(2)7-11-12(20)18-14(21)22-11/h3,7,10H,2,4-6,8,15H2,1H3,(H,18,20,21). The fraction of sp³-hybridized carbons (Fsp3) is 0.429. The molecule has 8 heteroatoms. The van der Waals surface area contributed by atoms with E-state index < -0.39 is 5.91 Å². The average Bonchev–Trinajstić information content (AvgIpc) is 2.76. The van der Waals surface area contributed by atoms with Gasteiger partial charge in [0.1, 0.15) is 0 Å². The Balaban J connectivity index is 2.15. The molecule has 3 N–H and O–H groups in total. The first kappa shape index (κ1) is 16.4. The Morgan fingerprint density at radius 1 is 1.55 bits per heavy atom. The fourth-order valence-corrected chi connectivity index (χ4v) is 2.90. The van der Waals surface area contributed by atoms with Gasteiger partial charge in [0.25, 0.3) is 11.1 Å². The molecule has 2 fully saturated rings. The van der Waals surface area contributed by atoms with Gasteiger partial charge in [0, 0.05) is 25.3 Å². The van der Waals surface area contributed by atoms with Crippen LogP contribution in [0.15, 0.2) is 33.2 Å². The van der Waals surface area contributed by atoms with Crippen LogP contribution in [0.4, 0.5) is 4.79 Å². The van der Waals surface area contributed by atoms with E-state index in [1.165, 1.54) is 6.08 Å². The van der Waals surface area contributed by atoms with Gasteiger partial charge in [0.2, 0.25) is 5.96 Å². The molecule has 22 heavy (non-hydrogen) atoms. The molecule has 0 aromatic heterocycles. The van der Waals surface area contributed by atoms with Crippen LogP contribution in [0.5, 0.6) is 0 Å². The van der Waals surface area contributed by atoms with Crippen LogP contribution in [-0.4, -0.2) is 47.4 Å². The summed E-state index contributed by atoms with van der Waals surface area (Å²) in [6.07, 6.45) is 5.11. The Morgan fingerprint density at radius 3 is 2.91 bits per heavy atom. The minimum atomic E-state index is -0.424. The largest absolute Gasteiger partial charge is 0.339 e. The second-order valence-electron chi connectivity index (χ2n) is 4.99. The van der Waals surface area contributed by atoms with Gasteiger partial charge in [-0.3, -0.25) is 14.9 Å². The SMILES string of the molecule is C=C(C=C1SC(=O)NC1=O)N=C(N=CC)N1CCCC(N)C1. The number of piperidine rings is 1. The monoisotopic (exact) mass is 321 g/mol. The van der Waals surface area contributed by atoms with Crippen LogP contribution in [0.25, 0.3) is 0 Å². The fourth-order valence-electron chi connectivity index (χ4n) is 2.22. The number of nitrogens with two attached hydrogens (primary N) is 1. The summed E-state index contributed by atoms with van der Waals surface area (Å²) in [4.78, 5) is 33.6. The maximum Gasteiger partial charge on any atom is 0.290 e. The summed E-state index contributed by atoms with van der Waals surface area (Å²) in [6.45, 7) is 7.14. The van der Waals surface area contributed by atoms with Crippen molar-refractivity contribution in [3.8, 4) is 0 Å². The summed E-state index contributed by atoms with van der Waals surface area (Å²) in [5, 5.41) is 1.80. The van der Waals surface area contributed by atoms with Crippen LogP contribution in [0.2, 0.25) is 0 Å². The van der Waals surface area contributed by atoms with Gasteiger partial charge in [-0.15, -0.1) is 0 Å². The Morgan fingerprint density at radius 2 is 2.32 bits per heavy atom. The minimum absolute atomic E-state index is 0.103. The third kappa shape index (κ3) is 4.28. The van der Waals surface area contributed by atoms with Gasteiger partial charge < -0.3 is 10.6 Å². The molecule has 0 aliphatic carbocycles. The summed E-state index contributed by atoms with van der Waals surface area (Å²) in [5.41, 5.74) is 6.35. The highest BCUT2D eigenvalue weighted by atomic mass is 32.2. The number of nitrogens with zero attached hydrogens (tertiary/aromatic N) is 3. The predicted molar refractivity (Wildman–Crippen MR) is 88.7 cm³/mol. The van der Waals surface area contributed by atoms with Crippen LogP contribution in [0, 0.1) is 0 Å². The number of allylic oxidation sites excluding steroid dienone is 1. The number of imide groups is 1. The van der Waals surface area contributed by atoms with Crippen LogP contribution >= 0.6 is 11.8 Å². The lowest BCUT2D eigenvalue weighted by Gasteiger charge is -2.31. The van der Waals surface area contributed by atoms with Crippen molar-refractivity contribution in [3.63, 3.8) is 0 Å². The number of carbonyl (C=O) groups excluding carboxylic acids is 2. The molecule has 0 bridgehead atoms. The van der Waals surface area contributed by atoms with Crippen molar-refractivity contribution < 1.29 is 9.59 Å². The molecule has 1 atom stereocenters. The summed E-state index contributed by atoms with van der Waals surface area (Å²) >= 11 is 0.838. The van der Waals surface area contributed by atoms with Gasteiger partial charge in [-0.2, -0.15) is 0 Å². The zero-order valence-corrected chi connectivity index (χ0v) is 13.2. The molecule has 0 aromatic carbocycles. The first-order valence-electron chi connectivity index (χ1n) is 7.01. The summed E-state index contributed by atoms with van der Waals surface area (Å²) in [6, 6.07) is 0.103. The molecule has 2 heterocycles. The lowest BCUT2D eigenvalue weighted by atomic mass is 10.1. The highest BCUT2D eigenvalue weighted by Crippen LogP contribution is 2.24. The Bertz CT molecular complexity index is 582. The highest BCUT2D eigenvalue weighted by Gasteiger charge is 2.25. The number of hydrogen-bond donors (Lipinski definition) is 2. The van der Waals surface area contributed by atoms with Crippen LogP contribution in [0.1, 0.15) is 19.8 Å². The summed E-state index contributed by atoms with van der Waals surface area (Å²) in [7, 11) is 0. The van der Waals surface area contributed by atoms with Crippen molar-refractivity contribution in [2.45, 2.75) is 25.8 Å². The van der Waals surface area contributed by atoms with E-state index in [1.807, 2.05) is 4.90 Å². The maximum atomic E-state index is 11.5. The van der Waals surface area contributed by atoms with Crippen molar-refractivity contribution in [1.29, 1.82) is 0 Å². The molecule has 118 valence electrons. The smallest absolute Gasteiger partial charge is 0.290 e. The number of carbonyl (C=O) groups is 2. The number of guanidine groups is 1. The van der Waals surface area contributed by atoms with Gasteiger partial charge in [0.15, 0.2) is 0 Å². The number of nitrogens with one attached hydrogen (secondary N) is 1. The van der Waals surface area contributed by atoms with Crippen molar-refractivity contribution in [2.24, 2.45) is 15.7 Å². The average molecular weight is 321 g/mol. The van der Waals surface area contributed by atoms with Crippen LogP contribution < -0.4 is 11.1 Å². The van der Waals surface area contributed by atoms with Crippen molar-refractivity contribution in [3.05, 3.63) is 23.3 Å². The molecule has 0 radical (unpaired) electrons. The van der Waals surface area contributed by atoms with E-state index in [2.05, 4.69) is 21.9 Å². The van der Waals surface area contributed by atoms with Crippen molar-refractivity contribution >= 4 is 35.1 Å². The first-order chi connectivity index (χ1) is 10.5. The van der Waals surface area contributed by atoms with Crippen LogP contribution in [0.3, 0.4) is 0 Å². The summed E-state index contributed by atoms with van der Waals surface area (Å²) < 4.78 is 0. The van der Waals surface area contributed by atoms with Crippen LogP contribution in [-0.2, 0) is 4.79 Å². The second kappa shape index (κ2) is 7.37. The van der Waals surface area contributed by atoms with E-state index in [4.69, 9.17) is 5.73 Å². The van der Waals surface area contributed by atoms with E-state index in [0.717, 1.165) is 31.1 Å². The third-order valence-corrected chi connectivity index (χ3v) is 3.98. The van der Waals surface area contributed by atoms with Gasteiger partial charge in [-0.05, 0) is 37.6 Å². The molecule has 2 amide bonds. The topological polar surface area (TPSA) is 100 Å². The molecule has 2 saturated heterocycles. The number of likely N-dealkylation sites (tertiary alicyclic amines) is 1. The summed E-state index contributed by atoms with van der Waals surface area (Å²) in [5.74, 6) is 0.0983. The lowest BCUT2D eigenvalue weighted by molar-refractivity contribution is -0.115. The Labute approximate surface area is 133 Å². The normalized spacial score (nSPS) is 25.2. The Hall–Kier alpha value is -1.93. The highest BCUT2D eigenvalue weighted by molar-refractivity contribution is 8.18. The molecular formula is C14H19N5O2S. The maximum absolute atomic E-state index is 11.5.